The Kier molecular flexibility index (Phi) is 4.22. The lowest BCUT2D eigenvalue weighted by Gasteiger charge is -2.25. The number of aromatic nitrogens is 2. The van der Waals surface area contributed by atoms with Crippen molar-refractivity contribution in [2.24, 2.45) is 0 Å². The van der Waals surface area contributed by atoms with Gasteiger partial charge in [-0.1, -0.05) is 6.07 Å². The van der Waals surface area contributed by atoms with Crippen molar-refractivity contribution in [3.05, 3.63) is 69.9 Å². The van der Waals surface area contributed by atoms with Gasteiger partial charge in [-0.3, -0.25) is 14.6 Å². The van der Waals surface area contributed by atoms with E-state index in [2.05, 4.69) is 20.6 Å². The van der Waals surface area contributed by atoms with Crippen LogP contribution in [0.2, 0.25) is 0 Å². The summed E-state index contributed by atoms with van der Waals surface area (Å²) < 4.78 is 0. The van der Waals surface area contributed by atoms with Crippen molar-refractivity contribution in [1.29, 1.82) is 0 Å². The van der Waals surface area contributed by atoms with Crippen LogP contribution < -0.4 is 10.6 Å². The van der Waals surface area contributed by atoms with Crippen molar-refractivity contribution in [3.63, 3.8) is 0 Å². The summed E-state index contributed by atoms with van der Waals surface area (Å²) in [5.41, 5.74) is 2.86. The highest BCUT2D eigenvalue weighted by Gasteiger charge is 2.28. The van der Waals surface area contributed by atoms with Crippen LogP contribution in [0.1, 0.15) is 38.1 Å². The van der Waals surface area contributed by atoms with Gasteiger partial charge in [0, 0.05) is 47.2 Å². The molecule has 130 valence electrons. The summed E-state index contributed by atoms with van der Waals surface area (Å²) in [6, 6.07) is 9.01. The molecule has 2 aromatic heterocycles. The van der Waals surface area contributed by atoms with E-state index in [4.69, 9.17) is 0 Å². The van der Waals surface area contributed by atoms with Gasteiger partial charge in [0.25, 0.3) is 5.91 Å². The Morgan fingerprint density at radius 3 is 2.92 bits per heavy atom. The second-order valence-corrected chi connectivity index (χ2v) is 7.35. The lowest BCUT2D eigenvalue weighted by molar-refractivity contribution is -0.116. The zero-order chi connectivity index (χ0) is 18.1. The third-order valence-corrected chi connectivity index (χ3v) is 5.28. The summed E-state index contributed by atoms with van der Waals surface area (Å²) >= 11 is 1.60. The Labute approximate surface area is 154 Å². The van der Waals surface area contributed by atoms with Crippen LogP contribution in [-0.2, 0) is 4.79 Å². The first-order valence-electron chi connectivity index (χ1n) is 8.17. The zero-order valence-electron chi connectivity index (χ0n) is 14.0. The van der Waals surface area contributed by atoms with Crippen molar-refractivity contribution in [3.8, 4) is 0 Å². The summed E-state index contributed by atoms with van der Waals surface area (Å²) in [5, 5.41) is 6.72. The van der Waals surface area contributed by atoms with Crippen LogP contribution in [0.15, 0.2) is 48.9 Å². The molecule has 0 saturated carbocycles. The van der Waals surface area contributed by atoms with E-state index in [1.807, 2.05) is 25.3 Å². The monoisotopic (exact) mass is 364 g/mol. The smallest absolute Gasteiger partial charge is 0.257 e. The first-order chi connectivity index (χ1) is 12.6. The molecule has 3 heterocycles. The number of aryl methyl sites for hydroxylation is 1. The Morgan fingerprint density at radius 2 is 2.19 bits per heavy atom. The second-order valence-electron chi connectivity index (χ2n) is 6.08. The molecule has 0 aliphatic carbocycles. The maximum atomic E-state index is 12.3. The lowest BCUT2D eigenvalue weighted by atomic mass is 9.89. The predicted octanol–water partition coefficient (Wildman–Crippen LogP) is 3.57. The molecule has 0 radical (unpaired) electrons. The standard InChI is InChI=1S/C19H16N4O2S/c1-11-21-10-17(26-11)15-8-18(24)23-16-7-13(4-5-14(15)16)22-19(25)12-3-2-6-20-9-12/h2-7,9-10,15H,8H2,1H3,(H,22,25)(H,23,24). The number of nitrogens with one attached hydrogen (secondary N) is 2. The third kappa shape index (κ3) is 3.21. The van der Waals surface area contributed by atoms with Crippen LogP contribution in [0.4, 0.5) is 11.4 Å². The zero-order valence-corrected chi connectivity index (χ0v) is 14.8. The average Bonchev–Trinajstić information content (AvgIpc) is 3.07. The van der Waals surface area contributed by atoms with Gasteiger partial charge in [-0.25, -0.2) is 4.98 Å². The molecule has 6 nitrogen and oxygen atoms in total. The molecule has 1 atom stereocenters. The average molecular weight is 364 g/mol. The number of carbonyl (C=O) groups is 2. The third-order valence-electron chi connectivity index (χ3n) is 4.26. The SMILES string of the molecule is Cc1ncc(C2CC(=O)Nc3cc(NC(=O)c4cccnc4)ccc32)s1. The maximum Gasteiger partial charge on any atom is 0.257 e. The molecule has 2 amide bonds. The fraction of sp³-hybridized carbons (Fsp3) is 0.158. The summed E-state index contributed by atoms with van der Waals surface area (Å²) in [4.78, 5) is 33.8. The number of fused-ring (bicyclic) bond motifs is 1. The minimum Gasteiger partial charge on any atom is -0.326 e. The first kappa shape index (κ1) is 16.4. The van der Waals surface area contributed by atoms with E-state index < -0.39 is 0 Å². The Bertz CT molecular complexity index is 984. The lowest BCUT2D eigenvalue weighted by Crippen LogP contribution is -2.23. The largest absolute Gasteiger partial charge is 0.326 e. The highest BCUT2D eigenvalue weighted by Crippen LogP contribution is 2.40. The van der Waals surface area contributed by atoms with Gasteiger partial charge in [0.1, 0.15) is 0 Å². The summed E-state index contributed by atoms with van der Waals surface area (Å²) in [7, 11) is 0. The van der Waals surface area contributed by atoms with Gasteiger partial charge in [-0.2, -0.15) is 0 Å². The van der Waals surface area contributed by atoms with E-state index >= 15 is 0 Å². The molecular formula is C19H16N4O2S. The van der Waals surface area contributed by atoms with E-state index in [0.29, 0.717) is 17.7 Å². The highest BCUT2D eigenvalue weighted by atomic mass is 32.1. The fourth-order valence-corrected chi connectivity index (χ4v) is 3.94. The molecule has 2 N–H and O–H groups in total. The van der Waals surface area contributed by atoms with Crippen LogP contribution in [0, 0.1) is 6.92 Å². The molecule has 26 heavy (non-hydrogen) atoms. The second kappa shape index (κ2) is 6.68. The number of carbonyl (C=O) groups excluding carboxylic acids is 2. The number of pyridine rings is 1. The number of hydrogen-bond donors (Lipinski definition) is 2. The van der Waals surface area contributed by atoms with Crippen LogP contribution in [0.25, 0.3) is 0 Å². The van der Waals surface area contributed by atoms with Crippen LogP contribution in [0.5, 0.6) is 0 Å². The van der Waals surface area contributed by atoms with Crippen molar-refractivity contribution in [2.75, 3.05) is 10.6 Å². The minimum atomic E-state index is -0.241. The Morgan fingerprint density at radius 1 is 1.31 bits per heavy atom. The molecule has 0 bridgehead atoms. The molecule has 7 heteroatoms. The number of rotatable bonds is 3. The van der Waals surface area contributed by atoms with Gasteiger partial charge in [-0.15, -0.1) is 11.3 Å². The molecule has 1 aliphatic heterocycles. The molecule has 0 fully saturated rings. The molecule has 1 unspecified atom stereocenters. The number of anilines is 2. The Hall–Kier alpha value is -3.06. The molecular weight excluding hydrogens is 348 g/mol. The minimum absolute atomic E-state index is 0.00646. The van der Waals surface area contributed by atoms with E-state index in [-0.39, 0.29) is 17.7 Å². The number of nitrogens with zero attached hydrogens (tertiary/aromatic N) is 2. The van der Waals surface area contributed by atoms with Gasteiger partial charge in [0.15, 0.2) is 0 Å². The topological polar surface area (TPSA) is 84.0 Å². The van der Waals surface area contributed by atoms with Crippen molar-refractivity contribution < 1.29 is 9.59 Å². The first-order valence-corrected chi connectivity index (χ1v) is 8.99. The maximum absolute atomic E-state index is 12.3. The van der Waals surface area contributed by atoms with Crippen molar-refractivity contribution in [2.45, 2.75) is 19.3 Å². The molecule has 0 spiro atoms. The van der Waals surface area contributed by atoms with Crippen LogP contribution in [-0.4, -0.2) is 21.8 Å². The molecule has 0 saturated heterocycles. The highest BCUT2D eigenvalue weighted by molar-refractivity contribution is 7.11. The van der Waals surface area contributed by atoms with Gasteiger partial charge in [0.05, 0.1) is 10.6 Å². The van der Waals surface area contributed by atoms with Crippen molar-refractivity contribution in [1.82, 2.24) is 9.97 Å². The molecule has 1 aromatic carbocycles. The molecule has 4 rings (SSSR count). The van der Waals surface area contributed by atoms with E-state index in [1.165, 1.54) is 6.20 Å². The molecule has 1 aliphatic rings. The summed E-state index contributed by atoms with van der Waals surface area (Å²) in [6.45, 7) is 1.95. The number of thiazole rings is 1. The van der Waals surface area contributed by atoms with E-state index in [9.17, 15) is 9.59 Å². The summed E-state index contributed by atoms with van der Waals surface area (Å²) in [6.07, 6.45) is 5.37. The van der Waals surface area contributed by atoms with Crippen LogP contribution >= 0.6 is 11.3 Å². The summed E-state index contributed by atoms with van der Waals surface area (Å²) in [5.74, 6) is -0.285. The van der Waals surface area contributed by atoms with E-state index in [0.717, 1.165) is 21.1 Å². The fourth-order valence-electron chi connectivity index (χ4n) is 3.04. The van der Waals surface area contributed by atoms with Gasteiger partial charge >= 0.3 is 0 Å². The number of amides is 2. The predicted molar refractivity (Wildman–Crippen MR) is 101 cm³/mol. The molecule has 3 aromatic rings. The quantitative estimate of drug-likeness (QED) is 0.744. The van der Waals surface area contributed by atoms with Gasteiger partial charge in [0.2, 0.25) is 5.91 Å². The van der Waals surface area contributed by atoms with Gasteiger partial charge < -0.3 is 10.6 Å². The van der Waals surface area contributed by atoms with Crippen molar-refractivity contribution >= 4 is 34.5 Å². The number of hydrogen-bond acceptors (Lipinski definition) is 5. The number of benzene rings is 1. The van der Waals surface area contributed by atoms with Gasteiger partial charge in [-0.05, 0) is 36.8 Å². The van der Waals surface area contributed by atoms with Crippen LogP contribution in [0.3, 0.4) is 0 Å². The Balaban J connectivity index is 1.62. The van der Waals surface area contributed by atoms with E-state index in [1.54, 1.807) is 35.7 Å². The normalized spacial score (nSPS) is 15.9.